The van der Waals surface area contributed by atoms with Gasteiger partial charge in [-0.15, -0.1) is 0 Å². The Balaban J connectivity index is 2.99. The third-order valence-electron chi connectivity index (χ3n) is 5.23. The molecule has 1 rings (SSSR count). The van der Waals surface area contributed by atoms with Gasteiger partial charge in [0.05, 0.1) is 25.0 Å². The molecule has 1 heterocycles. The molecule has 176 valence electrons. The van der Waals surface area contributed by atoms with Crippen LogP contribution >= 0.6 is 0 Å². The molecule has 1 aliphatic heterocycles. The van der Waals surface area contributed by atoms with Crippen LogP contribution in [0.2, 0.25) is 0 Å². The monoisotopic (exact) mass is 444 g/mol. The number of hydrogen-bond acceptors (Lipinski definition) is 8. The Kier molecular flexibility index (Phi) is 11.1. The van der Waals surface area contributed by atoms with Crippen LogP contribution in [-0.2, 0) is 24.0 Å². The molecule has 0 aliphatic carbocycles. The van der Waals surface area contributed by atoms with E-state index < -0.39 is 73.0 Å². The molecule has 12 nitrogen and oxygen atoms in total. The van der Waals surface area contributed by atoms with Crippen molar-refractivity contribution in [1.82, 2.24) is 10.2 Å². The van der Waals surface area contributed by atoms with Crippen molar-refractivity contribution < 1.29 is 39.3 Å². The van der Waals surface area contributed by atoms with E-state index in [1.165, 1.54) is 4.90 Å². The summed E-state index contributed by atoms with van der Waals surface area (Å²) >= 11 is 0. The Morgan fingerprint density at radius 3 is 2.32 bits per heavy atom. The number of rotatable bonds is 14. The highest BCUT2D eigenvalue weighted by atomic mass is 16.4. The van der Waals surface area contributed by atoms with Gasteiger partial charge in [0.2, 0.25) is 11.8 Å². The van der Waals surface area contributed by atoms with E-state index in [0.717, 1.165) is 0 Å². The molecular formula is C19H32N4O8. The SMILES string of the molecule is NCCCC[C@H](NC(=O)[C@H](CC(=O)O)CC(=O)[C@@H](N)CO)C(=O)N1CCC[C@H]1C(=O)O. The van der Waals surface area contributed by atoms with Gasteiger partial charge in [0, 0.05) is 13.0 Å². The molecule has 0 aromatic rings. The molecule has 1 saturated heterocycles. The van der Waals surface area contributed by atoms with E-state index in [4.69, 9.17) is 21.7 Å². The summed E-state index contributed by atoms with van der Waals surface area (Å²) in [6.45, 7) is -0.0427. The molecule has 0 radical (unpaired) electrons. The summed E-state index contributed by atoms with van der Waals surface area (Å²) < 4.78 is 0. The van der Waals surface area contributed by atoms with E-state index in [0.29, 0.717) is 32.2 Å². The van der Waals surface area contributed by atoms with Crippen molar-refractivity contribution in [2.75, 3.05) is 19.7 Å². The van der Waals surface area contributed by atoms with Crippen LogP contribution in [0.4, 0.5) is 0 Å². The minimum atomic E-state index is -1.32. The quantitative estimate of drug-likeness (QED) is 0.163. The van der Waals surface area contributed by atoms with Crippen LogP contribution in [-0.4, -0.2) is 87.6 Å². The van der Waals surface area contributed by atoms with Crippen LogP contribution in [0.3, 0.4) is 0 Å². The molecule has 31 heavy (non-hydrogen) atoms. The first-order valence-corrected chi connectivity index (χ1v) is 10.3. The Morgan fingerprint density at radius 2 is 1.77 bits per heavy atom. The lowest BCUT2D eigenvalue weighted by Gasteiger charge is -2.28. The van der Waals surface area contributed by atoms with Crippen molar-refractivity contribution in [3.05, 3.63) is 0 Å². The van der Waals surface area contributed by atoms with Gasteiger partial charge in [0.1, 0.15) is 12.1 Å². The van der Waals surface area contributed by atoms with Gasteiger partial charge in [-0.2, -0.15) is 0 Å². The standard InChI is InChI=1S/C19H32N4O8/c20-6-2-1-4-13(18(29)23-7-3-5-14(23)19(30)31)22-17(28)11(9-16(26)27)8-15(25)12(21)10-24/h11-14,24H,1-10,20-21H2,(H,22,28)(H,26,27)(H,30,31)/t11-,12-,13-,14-/m0/s1. The Bertz CT molecular complexity index is 671. The van der Waals surface area contributed by atoms with Gasteiger partial charge in [-0.1, -0.05) is 0 Å². The first-order chi connectivity index (χ1) is 14.6. The number of nitrogens with one attached hydrogen (secondary N) is 1. The second kappa shape index (κ2) is 13.0. The fourth-order valence-corrected chi connectivity index (χ4v) is 3.49. The number of likely N-dealkylation sites (tertiary alicyclic amines) is 1. The van der Waals surface area contributed by atoms with E-state index in [1.807, 2.05) is 0 Å². The van der Waals surface area contributed by atoms with Crippen molar-refractivity contribution in [3.63, 3.8) is 0 Å². The van der Waals surface area contributed by atoms with Gasteiger partial charge in [0.15, 0.2) is 5.78 Å². The largest absolute Gasteiger partial charge is 0.481 e. The number of carboxylic acid groups (broad SMARTS) is 2. The van der Waals surface area contributed by atoms with Crippen molar-refractivity contribution in [2.45, 2.75) is 63.1 Å². The lowest BCUT2D eigenvalue weighted by Crippen LogP contribution is -2.53. The highest BCUT2D eigenvalue weighted by Crippen LogP contribution is 2.20. The van der Waals surface area contributed by atoms with Crippen molar-refractivity contribution in [2.24, 2.45) is 17.4 Å². The molecule has 1 aliphatic rings. The number of nitrogens with zero attached hydrogens (tertiary/aromatic N) is 1. The number of carbonyl (C=O) groups excluding carboxylic acids is 3. The summed E-state index contributed by atoms with van der Waals surface area (Å²) in [5.74, 6) is -5.81. The molecule has 12 heteroatoms. The van der Waals surface area contributed by atoms with Crippen molar-refractivity contribution >= 4 is 29.5 Å². The van der Waals surface area contributed by atoms with Gasteiger partial charge in [-0.3, -0.25) is 19.2 Å². The van der Waals surface area contributed by atoms with Crippen LogP contribution in [0.25, 0.3) is 0 Å². The minimum Gasteiger partial charge on any atom is -0.481 e. The predicted octanol–water partition coefficient (Wildman–Crippen LogP) is -1.95. The van der Waals surface area contributed by atoms with Crippen LogP contribution in [0.1, 0.15) is 44.9 Å². The van der Waals surface area contributed by atoms with Gasteiger partial charge in [-0.25, -0.2) is 4.79 Å². The van der Waals surface area contributed by atoms with E-state index in [1.54, 1.807) is 0 Å². The fourth-order valence-electron chi connectivity index (χ4n) is 3.49. The summed E-state index contributed by atoms with van der Waals surface area (Å²) in [5, 5.41) is 29.9. The van der Waals surface area contributed by atoms with E-state index in [9.17, 15) is 29.1 Å². The highest BCUT2D eigenvalue weighted by molar-refractivity contribution is 5.94. The average Bonchev–Trinajstić information content (AvgIpc) is 3.21. The molecule has 0 bridgehead atoms. The maximum atomic E-state index is 13.0. The number of aliphatic carboxylic acids is 2. The van der Waals surface area contributed by atoms with Crippen LogP contribution in [0, 0.1) is 5.92 Å². The molecular weight excluding hydrogens is 412 g/mol. The predicted molar refractivity (Wildman–Crippen MR) is 108 cm³/mol. The maximum absolute atomic E-state index is 13.0. The Hall–Kier alpha value is -2.57. The topological polar surface area (TPSA) is 213 Å². The Labute approximate surface area is 179 Å². The van der Waals surface area contributed by atoms with Crippen LogP contribution in [0.5, 0.6) is 0 Å². The zero-order chi connectivity index (χ0) is 23.6. The number of Topliss-reactive ketones (excluding diaryl/α,β-unsaturated/α-hetero) is 1. The summed E-state index contributed by atoms with van der Waals surface area (Å²) in [7, 11) is 0. The summed E-state index contributed by atoms with van der Waals surface area (Å²) in [6.07, 6.45) is 0.891. The number of carbonyl (C=O) groups is 5. The molecule has 2 amide bonds. The number of ketones is 1. The second-order valence-corrected chi connectivity index (χ2v) is 7.63. The molecule has 0 aromatic heterocycles. The summed E-state index contributed by atoms with van der Waals surface area (Å²) in [5.41, 5.74) is 10.9. The lowest BCUT2D eigenvalue weighted by molar-refractivity contribution is -0.150. The third-order valence-corrected chi connectivity index (χ3v) is 5.23. The zero-order valence-electron chi connectivity index (χ0n) is 17.4. The molecule has 1 fully saturated rings. The molecule has 4 atom stereocenters. The lowest BCUT2D eigenvalue weighted by atomic mass is 9.94. The minimum absolute atomic E-state index is 0.189. The zero-order valence-corrected chi connectivity index (χ0v) is 17.4. The number of aliphatic hydroxyl groups is 1. The van der Waals surface area contributed by atoms with Crippen molar-refractivity contribution in [3.8, 4) is 0 Å². The summed E-state index contributed by atoms with van der Waals surface area (Å²) in [6, 6.07) is -3.30. The van der Waals surface area contributed by atoms with Gasteiger partial charge < -0.3 is 37.0 Å². The number of hydrogen-bond donors (Lipinski definition) is 6. The third kappa shape index (κ3) is 8.23. The molecule has 0 aromatic carbocycles. The van der Waals surface area contributed by atoms with Crippen molar-refractivity contribution in [1.29, 1.82) is 0 Å². The summed E-state index contributed by atoms with van der Waals surface area (Å²) in [4.78, 5) is 61.6. The molecule has 0 spiro atoms. The number of unbranched alkanes of at least 4 members (excludes halogenated alkanes) is 1. The number of carboxylic acids is 2. The normalized spacial score (nSPS) is 18.8. The number of amides is 2. The molecule has 0 unspecified atom stereocenters. The molecule has 0 saturated carbocycles. The second-order valence-electron chi connectivity index (χ2n) is 7.63. The molecule has 8 N–H and O–H groups in total. The number of nitrogens with two attached hydrogens (primary N) is 2. The first kappa shape index (κ1) is 26.5. The number of aliphatic hydroxyl groups excluding tert-OH is 1. The van der Waals surface area contributed by atoms with Gasteiger partial charge in [-0.05, 0) is 38.6 Å². The average molecular weight is 444 g/mol. The highest BCUT2D eigenvalue weighted by Gasteiger charge is 2.38. The van der Waals surface area contributed by atoms with E-state index >= 15 is 0 Å². The van der Waals surface area contributed by atoms with Crippen LogP contribution < -0.4 is 16.8 Å². The first-order valence-electron chi connectivity index (χ1n) is 10.3. The Morgan fingerprint density at radius 1 is 1.10 bits per heavy atom. The van der Waals surface area contributed by atoms with Crippen LogP contribution in [0.15, 0.2) is 0 Å². The van der Waals surface area contributed by atoms with Gasteiger partial charge >= 0.3 is 11.9 Å². The fraction of sp³-hybridized carbons (Fsp3) is 0.737. The van der Waals surface area contributed by atoms with E-state index in [2.05, 4.69) is 5.32 Å². The van der Waals surface area contributed by atoms with Gasteiger partial charge in [0.25, 0.3) is 0 Å². The smallest absolute Gasteiger partial charge is 0.326 e. The maximum Gasteiger partial charge on any atom is 0.326 e. The van der Waals surface area contributed by atoms with E-state index in [-0.39, 0.29) is 13.0 Å².